The summed E-state index contributed by atoms with van der Waals surface area (Å²) in [6, 6.07) is 5.39. The number of hydrogen-bond acceptors (Lipinski definition) is 2. The topological polar surface area (TPSA) is 15.3 Å². The molecule has 1 N–H and O–H groups in total. The van der Waals surface area contributed by atoms with Crippen molar-refractivity contribution in [3.8, 4) is 0 Å². The highest BCUT2D eigenvalue weighted by molar-refractivity contribution is 5.55. The van der Waals surface area contributed by atoms with Crippen LogP contribution in [0.25, 0.3) is 0 Å². The van der Waals surface area contributed by atoms with Crippen molar-refractivity contribution in [2.24, 2.45) is 5.92 Å². The van der Waals surface area contributed by atoms with Crippen molar-refractivity contribution in [3.05, 3.63) is 29.6 Å². The summed E-state index contributed by atoms with van der Waals surface area (Å²) in [5, 5.41) is 3.46. The van der Waals surface area contributed by atoms with Crippen LogP contribution in [0, 0.1) is 11.7 Å². The van der Waals surface area contributed by atoms with Crippen LogP contribution in [0.15, 0.2) is 18.2 Å². The Morgan fingerprint density at radius 2 is 1.90 bits per heavy atom. The fourth-order valence-electron chi connectivity index (χ4n) is 2.30. The summed E-state index contributed by atoms with van der Waals surface area (Å²) >= 11 is 0. The zero-order valence-corrected chi connectivity index (χ0v) is 14.5. The first-order chi connectivity index (χ1) is 9.78. The Morgan fingerprint density at radius 1 is 1.24 bits per heavy atom. The van der Waals surface area contributed by atoms with Gasteiger partial charge < -0.3 is 10.2 Å². The summed E-state index contributed by atoms with van der Waals surface area (Å²) < 4.78 is 14.4. The van der Waals surface area contributed by atoms with Crippen molar-refractivity contribution < 1.29 is 4.39 Å². The minimum absolute atomic E-state index is 0.0251. The number of rotatable bonds is 7. The van der Waals surface area contributed by atoms with E-state index in [0.29, 0.717) is 12.5 Å². The minimum atomic E-state index is -0.117. The summed E-state index contributed by atoms with van der Waals surface area (Å²) in [7, 11) is 0. The van der Waals surface area contributed by atoms with Crippen LogP contribution < -0.4 is 10.2 Å². The lowest BCUT2D eigenvalue weighted by Crippen LogP contribution is -2.36. The van der Waals surface area contributed by atoms with E-state index in [4.69, 9.17) is 0 Å². The van der Waals surface area contributed by atoms with Gasteiger partial charge in [-0.25, -0.2) is 4.39 Å². The second kappa shape index (κ2) is 7.79. The molecule has 0 spiro atoms. The van der Waals surface area contributed by atoms with Gasteiger partial charge in [0.15, 0.2) is 0 Å². The molecule has 0 fully saturated rings. The molecule has 0 heterocycles. The molecule has 0 bridgehead atoms. The van der Waals surface area contributed by atoms with Crippen LogP contribution in [-0.2, 0) is 6.54 Å². The number of benzene rings is 1. The number of hydrogen-bond donors (Lipinski definition) is 1. The zero-order valence-electron chi connectivity index (χ0n) is 14.5. The summed E-state index contributed by atoms with van der Waals surface area (Å²) in [5.74, 6) is 0.446. The standard InChI is InChI=1S/C18H31FN2/c1-7-14(3)13-21(8-2)17-15(10-9-11-16(17)19)12-20-18(4,5)6/h9-11,14,20H,7-8,12-13H2,1-6H3. The van der Waals surface area contributed by atoms with E-state index in [2.05, 4.69) is 51.8 Å². The van der Waals surface area contributed by atoms with Gasteiger partial charge in [-0.2, -0.15) is 0 Å². The molecule has 3 heteroatoms. The highest BCUT2D eigenvalue weighted by Gasteiger charge is 2.18. The molecular formula is C18H31FN2. The highest BCUT2D eigenvalue weighted by atomic mass is 19.1. The van der Waals surface area contributed by atoms with Gasteiger partial charge in [-0.1, -0.05) is 32.4 Å². The first kappa shape index (κ1) is 18.0. The van der Waals surface area contributed by atoms with Crippen molar-refractivity contribution in [1.29, 1.82) is 0 Å². The smallest absolute Gasteiger partial charge is 0.146 e. The van der Waals surface area contributed by atoms with Gasteiger partial charge in [0, 0.05) is 25.2 Å². The monoisotopic (exact) mass is 294 g/mol. The lowest BCUT2D eigenvalue weighted by atomic mass is 10.0. The van der Waals surface area contributed by atoms with Crippen LogP contribution in [0.1, 0.15) is 53.5 Å². The van der Waals surface area contributed by atoms with Crippen LogP contribution >= 0.6 is 0 Å². The third kappa shape index (κ3) is 5.66. The average molecular weight is 294 g/mol. The first-order valence-electron chi connectivity index (χ1n) is 8.05. The van der Waals surface area contributed by atoms with E-state index in [0.717, 1.165) is 30.8 Å². The number of anilines is 1. The zero-order chi connectivity index (χ0) is 16.0. The first-order valence-corrected chi connectivity index (χ1v) is 8.05. The van der Waals surface area contributed by atoms with Crippen LogP contribution in [0.4, 0.5) is 10.1 Å². The van der Waals surface area contributed by atoms with Gasteiger partial charge >= 0.3 is 0 Å². The van der Waals surface area contributed by atoms with Gasteiger partial charge in [-0.3, -0.25) is 0 Å². The van der Waals surface area contributed by atoms with Crippen molar-refractivity contribution in [2.45, 2.75) is 60.0 Å². The van der Waals surface area contributed by atoms with Crippen LogP contribution in [0.2, 0.25) is 0 Å². The normalized spacial score (nSPS) is 13.3. The lowest BCUT2D eigenvalue weighted by Gasteiger charge is -2.30. The molecule has 1 unspecified atom stereocenters. The lowest BCUT2D eigenvalue weighted by molar-refractivity contribution is 0.423. The van der Waals surface area contributed by atoms with Gasteiger partial charge in [0.05, 0.1) is 5.69 Å². The molecule has 120 valence electrons. The number of halogens is 1. The van der Waals surface area contributed by atoms with Gasteiger partial charge in [0.25, 0.3) is 0 Å². The maximum absolute atomic E-state index is 14.4. The molecule has 0 radical (unpaired) electrons. The van der Waals surface area contributed by atoms with Crippen molar-refractivity contribution in [1.82, 2.24) is 5.32 Å². The molecule has 2 nitrogen and oxygen atoms in total. The Kier molecular flexibility index (Phi) is 6.66. The van der Waals surface area contributed by atoms with E-state index >= 15 is 0 Å². The molecule has 1 aromatic carbocycles. The van der Waals surface area contributed by atoms with Crippen LogP contribution in [0.3, 0.4) is 0 Å². The summed E-state index contributed by atoms with van der Waals surface area (Å²) in [6.45, 7) is 15.3. The highest BCUT2D eigenvalue weighted by Crippen LogP contribution is 2.26. The average Bonchev–Trinajstić information content (AvgIpc) is 2.42. The van der Waals surface area contributed by atoms with E-state index in [1.165, 1.54) is 0 Å². The molecular weight excluding hydrogens is 263 g/mol. The second-order valence-corrected chi connectivity index (χ2v) is 6.90. The quantitative estimate of drug-likeness (QED) is 0.791. The molecule has 1 aromatic rings. The summed E-state index contributed by atoms with van der Waals surface area (Å²) in [4.78, 5) is 2.17. The fourth-order valence-corrected chi connectivity index (χ4v) is 2.30. The van der Waals surface area contributed by atoms with Gasteiger partial charge in [-0.05, 0) is 45.2 Å². The Bertz CT molecular complexity index is 437. The maximum Gasteiger partial charge on any atom is 0.146 e. The van der Waals surface area contributed by atoms with E-state index < -0.39 is 0 Å². The molecule has 0 aromatic heterocycles. The molecule has 0 aliphatic carbocycles. The molecule has 0 aliphatic rings. The Labute approximate surface area is 129 Å². The molecule has 0 saturated carbocycles. The van der Waals surface area contributed by atoms with Crippen molar-refractivity contribution in [2.75, 3.05) is 18.0 Å². The molecule has 0 saturated heterocycles. The third-order valence-electron chi connectivity index (χ3n) is 3.81. The van der Waals surface area contributed by atoms with Crippen molar-refractivity contribution in [3.63, 3.8) is 0 Å². The van der Waals surface area contributed by atoms with E-state index in [9.17, 15) is 4.39 Å². The Balaban J connectivity index is 3.02. The van der Waals surface area contributed by atoms with Gasteiger partial charge in [-0.15, -0.1) is 0 Å². The summed E-state index contributed by atoms with van der Waals surface area (Å²) in [6.07, 6.45) is 1.11. The second-order valence-electron chi connectivity index (χ2n) is 6.90. The molecule has 21 heavy (non-hydrogen) atoms. The largest absolute Gasteiger partial charge is 0.369 e. The molecule has 0 amide bonds. The predicted octanol–water partition coefficient (Wildman–Crippen LogP) is 4.59. The number of nitrogens with zero attached hydrogens (tertiary/aromatic N) is 1. The molecule has 0 aliphatic heterocycles. The fraction of sp³-hybridized carbons (Fsp3) is 0.667. The van der Waals surface area contributed by atoms with Gasteiger partial charge in [0.2, 0.25) is 0 Å². The van der Waals surface area contributed by atoms with Crippen molar-refractivity contribution >= 4 is 5.69 Å². The van der Waals surface area contributed by atoms with Crippen LogP contribution in [0.5, 0.6) is 0 Å². The number of nitrogens with one attached hydrogen (secondary N) is 1. The Hall–Kier alpha value is -1.09. The minimum Gasteiger partial charge on any atom is -0.369 e. The van der Waals surface area contributed by atoms with Crippen LogP contribution in [-0.4, -0.2) is 18.6 Å². The Morgan fingerprint density at radius 3 is 2.43 bits per heavy atom. The van der Waals surface area contributed by atoms with E-state index in [1.54, 1.807) is 12.1 Å². The molecule has 1 atom stereocenters. The van der Waals surface area contributed by atoms with Gasteiger partial charge in [0.1, 0.15) is 5.82 Å². The number of para-hydroxylation sites is 1. The SMILES string of the molecule is CCC(C)CN(CC)c1c(F)cccc1CNC(C)(C)C. The van der Waals surface area contributed by atoms with E-state index in [-0.39, 0.29) is 11.4 Å². The molecule has 1 rings (SSSR count). The maximum atomic E-state index is 14.4. The predicted molar refractivity (Wildman–Crippen MR) is 90.3 cm³/mol. The van der Waals surface area contributed by atoms with E-state index in [1.807, 2.05) is 6.07 Å². The third-order valence-corrected chi connectivity index (χ3v) is 3.81. The summed E-state index contributed by atoms with van der Waals surface area (Å²) in [5.41, 5.74) is 1.82.